The molecule has 1 atom stereocenters. The van der Waals surface area contributed by atoms with E-state index in [4.69, 9.17) is 0 Å². The fourth-order valence-electron chi connectivity index (χ4n) is 4.59. The lowest BCUT2D eigenvalue weighted by atomic mass is 9.81. The second-order valence-electron chi connectivity index (χ2n) is 9.65. The van der Waals surface area contributed by atoms with Gasteiger partial charge in [0.25, 0.3) is 5.91 Å². The highest BCUT2D eigenvalue weighted by molar-refractivity contribution is 7.15. The molecule has 12 heteroatoms. The fraction of sp³-hybridized carbons (Fsp3) is 0.440. The quantitative estimate of drug-likeness (QED) is 0.374. The molecule has 0 aliphatic heterocycles. The van der Waals surface area contributed by atoms with Gasteiger partial charge in [-0.2, -0.15) is 0 Å². The van der Waals surface area contributed by atoms with Gasteiger partial charge in [-0.3, -0.25) is 14.2 Å². The molecule has 0 unspecified atom stereocenters. The molecule has 3 aromatic rings. The Morgan fingerprint density at radius 1 is 1.22 bits per heavy atom. The Kier molecular flexibility index (Phi) is 6.93. The number of nitrogens with zero attached hydrogens (tertiary/aromatic N) is 2. The molecule has 0 radical (unpaired) electrons. The highest BCUT2D eigenvalue weighted by Crippen LogP contribution is 2.38. The summed E-state index contributed by atoms with van der Waals surface area (Å²) in [5, 5.41) is 5.29. The predicted molar refractivity (Wildman–Crippen MR) is 133 cm³/mol. The lowest BCUT2D eigenvalue weighted by Crippen LogP contribution is -2.50. The SMILES string of the molecule is O=C(N[C@H](C(=O)Nc1ncc(Cn2c(=O)[nH]c3ccccc32)s1)C1CCC(F)(F)CC1)/C(F)=C\C1CC1. The van der Waals surface area contributed by atoms with Gasteiger partial charge in [-0.25, -0.2) is 22.9 Å². The van der Waals surface area contributed by atoms with Crippen LogP contribution >= 0.6 is 11.3 Å². The largest absolute Gasteiger partial charge is 0.338 e. The number of para-hydroxylation sites is 2. The molecule has 2 aliphatic rings. The number of benzene rings is 1. The molecular formula is C25H26F3N5O3S. The number of aromatic nitrogens is 3. The van der Waals surface area contributed by atoms with E-state index in [1.54, 1.807) is 10.6 Å². The summed E-state index contributed by atoms with van der Waals surface area (Å²) in [6.07, 6.45) is 3.61. The van der Waals surface area contributed by atoms with Crippen molar-refractivity contribution in [3.05, 3.63) is 57.7 Å². The molecule has 196 valence electrons. The Hall–Kier alpha value is -3.41. The third-order valence-corrected chi connectivity index (χ3v) is 7.70. The molecule has 0 bridgehead atoms. The summed E-state index contributed by atoms with van der Waals surface area (Å²) in [5.41, 5.74) is 1.15. The van der Waals surface area contributed by atoms with Gasteiger partial charge in [0.05, 0.1) is 17.6 Å². The number of halogens is 3. The number of alkyl halides is 2. The minimum absolute atomic E-state index is 0.0183. The molecule has 1 aromatic carbocycles. The second kappa shape index (κ2) is 10.2. The van der Waals surface area contributed by atoms with E-state index in [1.807, 2.05) is 18.2 Å². The molecule has 0 saturated heterocycles. The molecule has 2 fully saturated rings. The van der Waals surface area contributed by atoms with Gasteiger partial charge < -0.3 is 15.6 Å². The first-order valence-electron chi connectivity index (χ1n) is 12.2. The van der Waals surface area contributed by atoms with Crippen LogP contribution < -0.4 is 16.3 Å². The molecule has 2 heterocycles. The number of H-pyrrole nitrogens is 1. The van der Waals surface area contributed by atoms with Crippen LogP contribution in [0.2, 0.25) is 0 Å². The second-order valence-corrected chi connectivity index (χ2v) is 10.8. The van der Waals surface area contributed by atoms with Gasteiger partial charge in [-0.05, 0) is 55.7 Å². The van der Waals surface area contributed by atoms with Crippen molar-refractivity contribution in [2.75, 3.05) is 5.32 Å². The molecule has 2 aromatic heterocycles. The Bertz CT molecular complexity index is 1400. The number of hydrogen-bond donors (Lipinski definition) is 3. The molecule has 5 rings (SSSR count). The molecule has 37 heavy (non-hydrogen) atoms. The molecule has 0 spiro atoms. The number of carbonyl (C=O) groups excluding carboxylic acids is 2. The smallest absolute Gasteiger partial charge is 0.326 e. The first-order valence-corrected chi connectivity index (χ1v) is 13.0. The lowest BCUT2D eigenvalue weighted by Gasteiger charge is -2.33. The van der Waals surface area contributed by atoms with Gasteiger partial charge in [0.1, 0.15) is 6.04 Å². The topological polar surface area (TPSA) is 109 Å². The minimum atomic E-state index is -2.82. The van der Waals surface area contributed by atoms with E-state index < -0.39 is 48.4 Å². The number of allylic oxidation sites excluding steroid dienone is 1. The van der Waals surface area contributed by atoms with Crippen LogP contribution in [-0.4, -0.2) is 38.3 Å². The number of carbonyl (C=O) groups is 2. The normalized spacial score (nSPS) is 19.1. The molecule has 2 aliphatic carbocycles. The van der Waals surface area contributed by atoms with Crippen molar-refractivity contribution in [3.63, 3.8) is 0 Å². The zero-order valence-electron chi connectivity index (χ0n) is 19.8. The van der Waals surface area contributed by atoms with Crippen LogP contribution in [-0.2, 0) is 16.1 Å². The summed E-state index contributed by atoms with van der Waals surface area (Å²) in [7, 11) is 0. The van der Waals surface area contributed by atoms with E-state index >= 15 is 0 Å². The van der Waals surface area contributed by atoms with Crippen LogP contribution in [0.1, 0.15) is 43.4 Å². The minimum Gasteiger partial charge on any atom is -0.338 e. The number of amides is 2. The summed E-state index contributed by atoms with van der Waals surface area (Å²) in [6, 6.07) is 6.06. The number of rotatable bonds is 8. The predicted octanol–water partition coefficient (Wildman–Crippen LogP) is 4.35. The summed E-state index contributed by atoms with van der Waals surface area (Å²) in [6.45, 7) is 0.228. The maximum atomic E-state index is 14.3. The molecule has 8 nitrogen and oxygen atoms in total. The Morgan fingerprint density at radius 3 is 2.68 bits per heavy atom. The van der Waals surface area contributed by atoms with Crippen molar-refractivity contribution in [2.24, 2.45) is 11.8 Å². The maximum absolute atomic E-state index is 14.3. The van der Waals surface area contributed by atoms with Crippen molar-refractivity contribution in [1.82, 2.24) is 19.9 Å². The van der Waals surface area contributed by atoms with Crippen molar-refractivity contribution in [2.45, 2.75) is 57.0 Å². The third kappa shape index (κ3) is 5.95. The Labute approximate surface area is 214 Å². The summed E-state index contributed by atoms with van der Waals surface area (Å²) in [5.74, 6) is -6.01. The number of nitrogens with one attached hydrogen (secondary N) is 3. The van der Waals surface area contributed by atoms with E-state index in [0.29, 0.717) is 10.4 Å². The van der Waals surface area contributed by atoms with Crippen LogP contribution in [0.15, 0.2) is 47.2 Å². The van der Waals surface area contributed by atoms with E-state index in [2.05, 4.69) is 20.6 Å². The highest BCUT2D eigenvalue weighted by Gasteiger charge is 2.41. The van der Waals surface area contributed by atoms with Crippen LogP contribution in [0.4, 0.5) is 18.3 Å². The van der Waals surface area contributed by atoms with Crippen LogP contribution in [0.25, 0.3) is 11.0 Å². The van der Waals surface area contributed by atoms with E-state index in [9.17, 15) is 27.6 Å². The zero-order valence-corrected chi connectivity index (χ0v) is 20.6. The van der Waals surface area contributed by atoms with Crippen LogP contribution in [0, 0.1) is 11.8 Å². The molecule has 2 saturated carbocycles. The molecular weight excluding hydrogens is 507 g/mol. The van der Waals surface area contributed by atoms with E-state index in [-0.39, 0.29) is 36.1 Å². The van der Waals surface area contributed by atoms with Gasteiger partial charge in [0.2, 0.25) is 11.8 Å². The number of aromatic amines is 1. The maximum Gasteiger partial charge on any atom is 0.326 e. The number of anilines is 1. The van der Waals surface area contributed by atoms with Crippen LogP contribution in [0.5, 0.6) is 0 Å². The van der Waals surface area contributed by atoms with Crippen molar-refractivity contribution in [3.8, 4) is 0 Å². The first-order chi connectivity index (χ1) is 17.7. The summed E-state index contributed by atoms with van der Waals surface area (Å²) >= 11 is 1.15. The summed E-state index contributed by atoms with van der Waals surface area (Å²) < 4.78 is 43.3. The zero-order chi connectivity index (χ0) is 26.2. The number of fused-ring (bicyclic) bond motifs is 1. The van der Waals surface area contributed by atoms with Gasteiger partial charge in [0, 0.05) is 23.9 Å². The number of hydrogen-bond acceptors (Lipinski definition) is 5. The molecule has 2 amide bonds. The average molecular weight is 534 g/mol. The van der Waals surface area contributed by atoms with E-state index in [1.165, 1.54) is 12.3 Å². The van der Waals surface area contributed by atoms with E-state index in [0.717, 1.165) is 29.7 Å². The highest BCUT2D eigenvalue weighted by atomic mass is 32.1. The van der Waals surface area contributed by atoms with Crippen molar-refractivity contribution in [1.29, 1.82) is 0 Å². The molecule has 3 N–H and O–H groups in total. The summed E-state index contributed by atoms with van der Waals surface area (Å²) in [4.78, 5) is 45.6. The number of thiazole rings is 1. The van der Waals surface area contributed by atoms with Gasteiger partial charge in [0.15, 0.2) is 11.0 Å². The van der Waals surface area contributed by atoms with Crippen molar-refractivity contribution >= 4 is 39.3 Å². The fourth-order valence-corrected chi connectivity index (χ4v) is 5.39. The van der Waals surface area contributed by atoms with Crippen LogP contribution in [0.3, 0.4) is 0 Å². The van der Waals surface area contributed by atoms with Crippen molar-refractivity contribution < 1.29 is 22.8 Å². The Morgan fingerprint density at radius 2 is 1.95 bits per heavy atom. The number of imidazole rings is 1. The lowest BCUT2D eigenvalue weighted by molar-refractivity contribution is -0.127. The Balaban J connectivity index is 1.30. The van der Waals surface area contributed by atoms with Gasteiger partial charge >= 0.3 is 5.69 Å². The van der Waals surface area contributed by atoms with Gasteiger partial charge in [-0.1, -0.05) is 23.5 Å². The third-order valence-electron chi connectivity index (χ3n) is 6.80. The first kappa shape index (κ1) is 25.2. The standard InChI is InChI=1S/C25H26F3N5O3S/c26-17(11-14-5-6-14)21(34)31-20(15-7-9-25(27,28)10-8-15)22(35)32-23-29-12-16(37-23)13-33-19-4-2-1-3-18(19)30-24(33)36/h1-4,11-12,14-15,20H,5-10,13H2,(H,30,36)(H,31,34)(H,29,32,35)/b17-11+/t20-/m0/s1. The van der Waals surface area contributed by atoms with Gasteiger partial charge in [-0.15, -0.1) is 0 Å². The monoisotopic (exact) mass is 533 g/mol. The average Bonchev–Trinajstić information content (AvgIpc) is 3.48.